The molecule has 2 N–H and O–H groups in total. The minimum Gasteiger partial charge on any atom is -0.397 e. The molecule has 0 spiro atoms. The number of rotatable bonds is 1. The molecule has 0 unspecified atom stereocenters. The molecular weight excluding hydrogens is 176 g/mol. The predicted octanol–water partition coefficient (Wildman–Crippen LogP) is 1.19. The summed E-state index contributed by atoms with van der Waals surface area (Å²) in [6, 6.07) is 1.97. The molecular formula is C10H14N2Si. The molecule has 2 nitrogen and oxygen atoms in total. The third-order valence-electron chi connectivity index (χ3n) is 1.93. The lowest BCUT2D eigenvalue weighted by Gasteiger charge is -2.18. The minimum absolute atomic E-state index is 0.569. The molecule has 1 aromatic rings. The van der Waals surface area contributed by atoms with Crippen LogP contribution in [0.5, 0.6) is 0 Å². The first-order valence-corrected chi connectivity index (χ1v) is 7.68. The zero-order chi connectivity index (χ0) is 10.1. The molecule has 0 aliphatic rings. The second-order valence-electron chi connectivity index (χ2n) is 4.02. The zero-order valence-corrected chi connectivity index (χ0v) is 9.26. The fraction of sp³-hybridized carbons (Fsp3) is 0.300. The topological polar surface area (TPSA) is 38.9 Å². The highest BCUT2D eigenvalue weighted by Gasteiger charge is 2.20. The Balaban J connectivity index is 3.34. The van der Waals surface area contributed by atoms with Gasteiger partial charge in [-0.25, -0.2) is 4.98 Å². The molecule has 3 heteroatoms. The van der Waals surface area contributed by atoms with Crippen LogP contribution in [-0.4, -0.2) is 13.1 Å². The third-order valence-corrected chi connectivity index (χ3v) is 3.99. The molecule has 1 aromatic heterocycles. The Hall–Kier alpha value is -1.27. The molecule has 0 aliphatic carbocycles. The van der Waals surface area contributed by atoms with Crippen LogP contribution in [-0.2, 0) is 0 Å². The summed E-state index contributed by atoms with van der Waals surface area (Å²) in [6.45, 7) is 6.71. The van der Waals surface area contributed by atoms with E-state index in [9.17, 15) is 0 Å². The van der Waals surface area contributed by atoms with E-state index in [1.54, 1.807) is 6.20 Å². The lowest BCUT2D eigenvalue weighted by atomic mass is 10.3. The Morgan fingerprint density at radius 1 is 1.46 bits per heavy atom. The van der Waals surface area contributed by atoms with Crippen molar-refractivity contribution in [2.75, 3.05) is 5.73 Å². The van der Waals surface area contributed by atoms with Gasteiger partial charge in [-0.1, -0.05) is 19.6 Å². The quantitative estimate of drug-likeness (QED) is 0.533. The highest BCUT2D eigenvalue weighted by atomic mass is 28.3. The standard InChI is InChI=1S/C10H14N2Si/c1-5-8-10(11)9(6-7-12-8)13(2,3)4/h1,6-7H,11H2,2-4H3. The normalized spacial score (nSPS) is 10.9. The van der Waals surface area contributed by atoms with Gasteiger partial charge in [0.25, 0.3) is 0 Å². The number of hydrogen-bond acceptors (Lipinski definition) is 2. The van der Waals surface area contributed by atoms with Crippen molar-refractivity contribution >= 4 is 18.9 Å². The number of aromatic nitrogens is 1. The van der Waals surface area contributed by atoms with Crippen molar-refractivity contribution in [3.05, 3.63) is 18.0 Å². The Morgan fingerprint density at radius 2 is 2.08 bits per heavy atom. The first-order chi connectivity index (χ1) is 5.96. The van der Waals surface area contributed by atoms with Gasteiger partial charge in [-0.2, -0.15) is 0 Å². The predicted molar refractivity (Wildman–Crippen MR) is 59.6 cm³/mol. The highest BCUT2D eigenvalue weighted by molar-refractivity contribution is 6.89. The summed E-state index contributed by atoms with van der Waals surface area (Å²) in [5, 5.41) is 1.19. The molecule has 1 heterocycles. The van der Waals surface area contributed by atoms with Gasteiger partial charge in [-0.15, -0.1) is 6.42 Å². The average molecular weight is 190 g/mol. The number of nitrogens with two attached hydrogens (primary N) is 1. The molecule has 0 radical (unpaired) electrons. The second kappa shape index (κ2) is 3.23. The van der Waals surface area contributed by atoms with E-state index in [0.717, 1.165) is 0 Å². The molecule has 68 valence electrons. The zero-order valence-electron chi connectivity index (χ0n) is 8.26. The van der Waals surface area contributed by atoms with E-state index in [1.807, 2.05) is 6.07 Å². The highest BCUT2D eigenvalue weighted by Crippen LogP contribution is 2.10. The maximum atomic E-state index is 5.91. The van der Waals surface area contributed by atoms with E-state index in [1.165, 1.54) is 5.19 Å². The summed E-state index contributed by atoms with van der Waals surface area (Å²) in [5.74, 6) is 2.49. The molecule has 0 saturated heterocycles. The van der Waals surface area contributed by atoms with E-state index in [4.69, 9.17) is 12.2 Å². The largest absolute Gasteiger partial charge is 0.397 e. The molecule has 0 fully saturated rings. The molecule has 0 atom stereocenters. The Morgan fingerprint density at radius 3 is 2.54 bits per heavy atom. The lowest BCUT2D eigenvalue weighted by molar-refractivity contribution is 1.30. The lowest BCUT2D eigenvalue weighted by Crippen LogP contribution is -2.40. The number of hydrogen-bond donors (Lipinski definition) is 1. The van der Waals surface area contributed by atoms with E-state index in [0.29, 0.717) is 11.4 Å². The maximum Gasteiger partial charge on any atom is 0.135 e. The van der Waals surface area contributed by atoms with Crippen molar-refractivity contribution in [3.8, 4) is 12.3 Å². The van der Waals surface area contributed by atoms with Crippen LogP contribution in [0.2, 0.25) is 19.6 Å². The van der Waals surface area contributed by atoms with E-state index >= 15 is 0 Å². The maximum absolute atomic E-state index is 5.91. The number of nitrogen functional groups attached to an aromatic ring is 1. The second-order valence-corrected chi connectivity index (χ2v) is 9.05. The van der Waals surface area contributed by atoms with Crippen molar-refractivity contribution in [3.63, 3.8) is 0 Å². The molecule has 13 heavy (non-hydrogen) atoms. The number of pyridine rings is 1. The molecule has 1 rings (SSSR count). The smallest absolute Gasteiger partial charge is 0.135 e. The summed E-state index contributed by atoms with van der Waals surface area (Å²) < 4.78 is 0. The Bertz CT molecular complexity index is 358. The van der Waals surface area contributed by atoms with Crippen molar-refractivity contribution in [2.24, 2.45) is 0 Å². The molecule has 0 aromatic carbocycles. The number of terminal acetylenes is 1. The monoisotopic (exact) mass is 190 g/mol. The summed E-state index contributed by atoms with van der Waals surface area (Å²) >= 11 is 0. The van der Waals surface area contributed by atoms with Crippen LogP contribution in [0, 0.1) is 12.3 Å². The first-order valence-electron chi connectivity index (χ1n) is 4.18. The van der Waals surface area contributed by atoms with Gasteiger partial charge in [0.15, 0.2) is 0 Å². The van der Waals surface area contributed by atoms with Gasteiger partial charge >= 0.3 is 0 Å². The SMILES string of the molecule is C#Cc1nccc([Si](C)(C)C)c1N. The van der Waals surface area contributed by atoms with Crippen molar-refractivity contribution in [2.45, 2.75) is 19.6 Å². The summed E-state index contributed by atoms with van der Waals surface area (Å²) in [4.78, 5) is 4.03. The van der Waals surface area contributed by atoms with Gasteiger partial charge in [-0.3, -0.25) is 0 Å². The Kier molecular flexibility index (Phi) is 2.44. The summed E-state index contributed by atoms with van der Waals surface area (Å²) in [5.41, 5.74) is 7.16. The van der Waals surface area contributed by atoms with Gasteiger partial charge in [-0.05, 0) is 17.2 Å². The first kappa shape index (κ1) is 9.81. The molecule has 0 bridgehead atoms. The van der Waals surface area contributed by atoms with Crippen LogP contribution in [0.15, 0.2) is 12.3 Å². The van der Waals surface area contributed by atoms with Gasteiger partial charge in [0.2, 0.25) is 0 Å². The minimum atomic E-state index is -1.39. The van der Waals surface area contributed by atoms with Gasteiger partial charge < -0.3 is 5.73 Å². The van der Waals surface area contributed by atoms with E-state index < -0.39 is 8.07 Å². The van der Waals surface area contributed by atoms with E-state index in [-0.39, 0.29) is 0 Å². The van der Waals surface area contributed by atoms with Crippen molar-refractivity contribution in [1.82, 2.24) is 4.98 Å². The summed E-state index contributed by atoms with van der Waals surface area (Å²) in [7, 11) is -1.39. The van der Waals surface area contributed by atoms with Gasteiger partial charge in [0, 0.05) is 6.20 Å². The van der Waals surface area contributed by atoms with Crippen molar-refractivity contribution < 1.29 is 0 Å². The molecule has 0 aliphatic heterocycles. The number of anilines is 1. The van der Waals surface area contributed by atoms with Crippen LogP contribution in [0.3, 0.4) is 0 Å². The molecule has 0 saturated carbocycles. The molecule has 0 amide bonds. The van der Waals surface area contributed by atoms with Crippen LogP contribution in [0.4, 0.5) is 5.69 Å². The van der Waals surface area contributed by atoms with Crippen LogP contribution >= 0.6 is 0 Å². The van der Waals surface area contributed by atoms with Crippen LogP contribution in [0.25, 0.3) is 0 Å². The third kappa shape index (κ3) is 1.90. The van der Waals surface area contributed by atoms with E-state index in [2.05, 4.69) is 30.5 Å². The van der Waals surface area contributed by atoms with Gasteiger partial charge in [0.1, 0.15) is 5.69 Å². The fourth-order valence-corrected chi connectivity index (χ4v) is 2.74. The van der Waals surface area contributed by atoms with Crippen LogP contribution < -0.4 is 10.9 Å². The average Bonchev–Trinajstić information content (AvgIpc) is 2.02. The number of nitrogens with zero attached hydrogens (tertiary/aromatic N) is 1. The van der Waals surface area contributed by atoms with Gasteiger partial charge in [0.05, 0.1) is 13.8 Å². The Labute approximate surface area is 80.2 Å². The fourth-order valence-electron chi connectivity index (χ4n) is 1.24. The summed E-state index contributed by atoms with van der Waals surface area (Å²) in [6.07, 6.45) is 7.02. The van der Waals surface area contributed by atoms with Crippen LogP contribution in [0.1, 0.15) is 5.69 Å². The van der Waals surface area contributed by atoms with Crippen molar-refractivity contribution in [1.29, 1.82) is 0 Å².